The number of hydrogen-bond acceptors (Lipinski definition) is 3. The molecule has 0 radical (unpaired) electrons. The van der Waals surface area contributed by atoms with E-state index in [0.717, 1.165) is 11.3 Å². The van der Waals surface area contributed by atoms with E-state index in [1.54, 1.807) is 24.1 Å². The molecule has 124 valence electrons. The molecule has 1 aliphatic rings. The van der Waals surface area contributed by atoms with E-state index < -0.39 is 0 Å². The number of nitrogens with one attached hydrogen (secondary N) is 1. The van der Waals surface area contributed by atoms with Crippen molar-refractivity contribution in [1.82, 2.24) is 0 Å². The zero-order valence-corrected chi connectivity index (χ0v) is 13.8. The summed E-state index contributed by atoms with van der Waals surface area (Å²) in [6.07, 6.45) is 0.217. The van der Waals surface area contributed by atoms with Crippen LogP contribution in [0.15, 0.2) is 48.5 Å². The van der Waals surface area contributed by atoms with Gasteiger partial charge < -0.3 is 15.0 Å². The first-order valence-corrected chi connectivity index (χ1v) is 7.89. The molecular formula is C19H20N2O3. The van der Waals surface area contributed by atoms with Crippen LogP contribution in [-0.4, -0.2) is 25.5 Å². The second kappa shape index (κ2) is 6.74. The number of anilines is 2. The fraction of sp³-hybridized carbons (Fsp3) is 0.263. The number of carbonyl (C=O) groups is 2. The van der Waals surface area contributed by atoms with Crippen LogP contribution in [-0.2, 0) is 9.59 Å². The number of aryl methyl sites for hydroxylation is 1. The van der Waals surface area contributed by atoms with Crippen molar-refractivity contribution in [1.29, 1.82) is 0 Å². The molecule has 1 atom stereocenters. The summed E-state index contributed by atoms with van der Waals surface area (Å²) in [5.41, 5.74) is 2.58. The van der Waals surface area contributed by atoms with Gasteiger partial charge >= 0.3 is 0 Å². The highest BCUT2D eigenvalue weighted by atomic mass is 16.5. The van der Waals surface area contributed by atoms with E-state index in [1.807, 2.05) is 43.3 Å². The van der Waals surface area contributed by atoms with Crippen molar-refractivity contribution in [2.75, 3.05) is 23.9 Å². The molecule has 1 aliphatic heterocycles. The summed E-state index contributed by atoms with van der Waals surface area (Å²) in [6.45, 7) is 2.39. The highest BCUT2D eigenvalue weighted by Crippen LogP contribution is 2.28. The quantitative estimate of drug-likeness (QED) is 0.940. The van der Waals surface area contributed by atoms with Gasteiger partial charge in [0.05, 0.1) is 18.7 Å². The summed E-state index contributed by atoms with van der Waals surface area (Å²) >= 11 is 0. The molecule has 1 fully saturated rings. The lowest BCUT2D eigenvalue weighted by atomic mass is 10.1. The second-order valence-electron chi connectivity index (χ2n) is 5.93. The normalized spacial score (nSPS) is 17.0. The number of carbonyl (C=O) groups excluding carboxylic acids is 2. The lowest BCUT2D eigenvalue weighted by Gasteiger charge is -2.17. The lowest BCUT2D eigenvalue weighted by molar-refractivity contribution is -0.122. The van der Waals surface area contributed by atoms with Crippen LogP contribution in [0.4, 0.5) is 11.4 Å². The molecule has 0 bridgehead atoms. The Labute approximate surface area is 141 Å². The summed E-state index contributed by atoms with van der Waals surface area (Å²) in [6, 6.07) is 15.0. The van der Waals surface area contributed by atoms with Crippen LogP contribution >= 0.6 is 0 Å². The number of nitrogens with zero attached hydrogens (tertiary/aromatic N) is 1. The van der Waals surface area contributed by atoms with Gasteiger partial charge in [-0.1, -0.05) is 29.8 Å². The Kier molecular flexibility index (Phi) is 4.51. The van der Waals surface area contributed by atoms with Crippen molar-refractivity contribution >= 4 is 23.2 Å². The van der Waals surface area contributed by atoms with E-state index in [9.17, 15) is 9.59 Å². The van der Waals surface area contributed by atoms with Crippen LogP contribution in [0.2, 0.25) is 0 Å². The van der Waals surface area contributed by atoms with Gasteiger partial charge in [-0.3, -0.25) is 9.59 Å². The van der Waals surface area contributed by atoms with Crippen LogP contribution in [0, 0.1) is 12.8 Å². The Balaban J connectivity index is 1.71. The third-order valence-electron chi connectivity index (χ3n) is 4.21. The van der Waals surface area contributed by atoms with Crippen LogP contribution in [0.1, 0.15) is 12.0 Å². The molecule has 0 unspecified atom stereocenters. The predicted octanol–water partition coefficient (Wildman–Crippen LogP) is 3.00. The highest BCUT2D eigenvalue weighted by molar-refractivity contribution is 6.03. The van der Waals surface area contributed by atoms with E-state index in [0.29, 0.717) is 18.0 Å². The number of ether oxygens (including phenoxy) is 1. The van der Waals surface area contributed by atoms with Crippen molar-refractivity contribution in [3.8, 4) is 5.75 Å². The Morgan fingerprint density at radius 3 is 2.58 bits per heavy atom. The van der Waals surface area contributed by atoms with E-state index >= 15 is 0 Å². The van der Waals surface area contributed by atoms with Crippen molar-refractivity contribution in [2.24, 2.45) is 5.92 Å². The molecule has 0 aromatic heterocycles. The number of benzene rings is 2. The minimum absolute atomic E-state index is 0.0287. The molecule has 0 aliphatic carbocycles. The first-order valence-electron chi connectivity index (χ1n) is 7.89. The maximum Gasteiger partial charge on any atom is 0.229 e. The van der Waals surface area contributed by atoms with Gasteiger partial charge in [0.15, 0.2) is 0 Å². The Morgan fingerprint density at radius 1 is 1.17 bits per heavy atom. The standard InChI is InChI=1S/C19H20N2O3/c1-13-7-9-15(10-8-13)21-12-14(11-18(21)22)19(23)20-16-5-3-4-6-17(16)24-2/h3-10,14H,11-12H2,1-2H3,(H,20,23)/t14-/m1/s1. The lowest BCUT2D eigenvalue weighted by Crippen LogP contribution is -2.28. The second-order valence-corrected chi connectivity index (χ2v) is 5.93. The van der Waals surface area contributed by atoms with Crippen molar-refractivity contribution in [2.45, 2.75) is 13.3 Å². The molecule has 24 heavy (non-hydrogen) atoms. The van der Waals surface area contributed by atoms with Crippen molar-refractivity contribution in [3.63, 3.8) is 0 Å². The molecule has 5 heteroatoms. The maximum atomic E-state index is 12.5. The van der Waals surface area contributed by atoms with Crippen molar-refractivity contribution < 1.29 is 14.3 Å². The van der Waals surface area contributed by atoms with Gasteiger partial charge in [-0.25, -0.2) is 0 Å². The van der Waals surface area contributed by atoms with Crippen LogP contribution in [0.5, 0.6) is 5.75 Å². The topological polar surface area (TPSA) is 58.6 Å². The van der Waals surface area contributed by atoms with Gasteiger partial charge in [0.25, 0.3) is 0 Å². The Hall–Kier alpha value is -2.82. The van der Waals surface area contributed by atoms with Gasteiger partial charge in [-0.05, 0) is 31.2 Å². The summed E-state index contributed by atoms with van der Waals surface area (Å²) in [4.78, 5) is 26.5. The minimum atomic E-state index is -0.372. The zero-order valence-electron chi connectivity index (χ0n) is 13.8. The summed E-state index contributed by atoms with van der Waals surface area (Å²) in [7, 11) is 1.56. The molecule has 2 amide bonds. The summed E-state index contributed by atoms with van der Waals surface area (Å²) in [5, 5.41) is 2.86. The van der Waals surface area contributed by atoms with Crippen molar-refractivity contribution in [3.05, 3.63) is 54.1 Å². The molecule has 0 spiro atoms. The predicted molar refractivity (Wildman–Crippen MR) is 93.3 cm³/mol. The Morgan fingerprint density at radius 2 is 1.88 bits per heavy atom. The largest absolute Gasteiger partial charge is 0.495 e. The molecule has 1 saturated heterocycles. The smallest absolute Gasteiger partial charge is 0.229 e. The fourth-order valence-electron chi connectivity index (χ4n) is 2.84. The minimum Gasteiger partial charge on any atom is -0.495 e. The average molecular weight is 324 g/mol. The molecule has 1 heterocycles. The molecule has 2 aromatic rings. The molecule has 5 nitrogen and oxygen atoms in total. The molecular weight excluding hydrogens is 304 g/mol. The highest BCUT2D eigenvalue weighted by Gasteiger charge is 2.35. The molecule has 0 saturated carbocycles. The SMILES string of the molecule is COc1ccccc1NC(=O)[C@@H]1CC(=O)N(c2ccc(C)cc2)C1. The van der Waals surface area contributed by atoms with Gasteiger partial charge in [-0.2, -0.15) is 0 Å². The van der Waals surface area contributed by atoms with E-state index in [4.69, 9.17) is 4.74 Å². The number of rotatable bonds is 4. The fourth-order valence-corrected chi connectivity index (χ4v) is 2.84. The Bertz CT molecular complexity index is 755. The monoisotopic (exact) mass is 324 g/mol. The molecule has 1 N–H and O–H groups in total. The van der Waals surface area contributed by atoms with Gasteiger partial charge in [0.1, 0.15) is 5.75 Å². The van der Waals surface area contributed by atoms with Gasteiger partial charge in [0.2, 0.25) is 11.8 Å². The third-order valence-corrected chi connectivity index (χ3v) is 4.21. The van der Waals surface area contributed by atoms with Crippen LogP contribution in [0.25, 0.3) is 0 Å². The summed E-state index contributed by atoms with van der Waals surface area (Å²) in [5.74, 6) is 0.0378. The third kappa shape index (κ3) is 3.25. The molecule has 2 aromatic carbocycles. The van der Waals surface area contributed by atoms with Gasteiger partial charge in [0, 0.05) is 18.7 Å². The number of hydrogen-bond donors (Lipinski definition) is 1. The van der Waals surface area contributed by atoms with E-state index in [-0.39, 0.29) is 24.2 Å². The van der Waals surface area contributed by atoms with E-state index in [2.05, 4.69) is 5.32 Å². The average Bonchev–Trinajstić information content (AvgIpc) is 2.98. The maximum absolute atomic E-state index is 12.5. The number of methoxy groups -OCH3 is 1. The first-order chi connectivity index (χ1) is 11.6. The first kappa shape index (κ1) is 16.1. The van der Waals surface area contributed by atoms with Crippen LogP contribution in [0.3, 0.4) is 0 Å². The zero-order chi connectivity index (χ0) is 17.1. The number of para-hydroxylation sites is 2. The number of amides is 2. The van der Waals surface area contributed by atoms with Crippen LogP contribution < -0.4 is 15.0 Å². The molecule has 3 rings (SSSR count). The van der Waals surface area contributed by atoms with E-state index in [1.165, 1.54) is 0 Å². The van der Waals surface area contributed by atoms with Gasteiger partial charge in [-0.15, -0.1) is 0 Å². The summed E-state index contributed by atoms with van der Waals surface area (Å²) < 4.78 is 5.24.